The van der Waals surface area contributed by atoms with Crippen molar-refractivity contribution >= 4 is 11.3 Å². The first-order valence-electron chi connectivity index (χ1n) is 7.87. The summed E-state index contributed by atoms with van der Waals surface area (Å²) in [6.45, 7) is 5.87. The third kappa shape index (κ3) is 3.52. The molecule has 1 unspecified atom stereocenters. The van der Waals surface area contributed by atoms with Gasteiger partial charge in [0.25, 0.3) is 5.19 Å². The molecule has 7 heteroatoms. The van der Waals surface area contributed by atoms with Crippen LogP contribution in [-0.2, 0) is 12.2 Å². The molecule has 0 saturated carbocycles. The maximum absolute atomic E-state index is 9.20. The predicted molar refractivity (Wildman–Crippen MR) is 88.4 cm³/mol. The predicted octanol–water partition coefficient (Wildman–Crippen LogP) is 2.03. The molecule has 0 amide bonds. The van der Waals surface area contributed by atoms with E-state index in [-0.39, 0.29) is 6.61 Å². The van der Waals surface area contributed by atoms with Crippen LogP contribution in [0, 0.1) is 12.8 Å². The van der Waals surface area contributed by atoms with E-state index in [0.717, 1.165) is 37.3 Å². The first kappa shape index (κ1) is 16.3. The van der Waals surface area contributed by atoms with Gasteiger partial charge < -0.3 is 15.2 Å². The largest absolute Gasteiger partial charge is 0.457 e. The zero-order chi connectivity index (χ0) is 16.3. The van der Waals surface area contributed by atoms with Gasteiger partial charge in [-0.3, -0.25) is 0 Å². The lowest BCUT2D eigenvalue weighted by Crippen LogP contribution is -2.44. The number of nitrogens with zero attached hydrogens (tertiary/aromatic N) is 3. The van der Waals surface area contributed by atoms with E-state index in [4.69, 9.17) is 4.74 Å². The van der Waals surface area contributed by atoms with Crippen molar-refractivity contribution in [1.29, 1.82) is 0 Å². The number of aryl methyl sites for hydroxylation is 1. The first-order valence-corrected chi connectivity index (χ1v) is 8.75. The maximum Gasteiger partial charge on any atom is 0.274 e. The van der Waals surface area contributed by atoms with Crippen molar-refractivity contribution < 1.29 is 9.84 Å². The zero-order valence-corrected chi connectivity index (χ0v) is 14.3. The summed E-state index contributed by atoms with van der Waals surface area (Å²) in [5.74, 6) is 0.335. The van der Waals surface area contributed by atoms with E-state index in [1.807, 2.05) is 24.4 Å². The van der Waals surface area contributed by atoms with Crippen molar-refractivity contribution in [2.45, 2.75) is 38.9 Å². The lowest BCUT2D eigenvalue weighted by Gasteiger charge is -2.38. The van der Waals surface area contributed by atoms with Crippen LogP contribution in [0.5, 0.6) is 5.19 Å². The summed E-state index contributed by atoms with van der Waals surface area (Å²) in [6.07, 6.45) is 2.04. The third-order valence-corrected chi connectivity index (χ3v) is 5.18. The minimum atomic E-state index is -0.576. The Bertz CT molecular complexity index is 640. The van der Waals surface area contributed by atoms with E-state index in [0.29, 0.717) is 16.8 Å². The van der Waals surface area contributed by atoms with Gasteiger partial charge in [0, 0.05) is 11.3 Å². The molecule has 3 rings (SSSR count). The number of rotatable bonds is 5. The topological polar surface area (TPSA) is 80.2 Å². The Morgan fingerprint density at radius 1 is 1.35 bits per heavy atom. The number of hydrogen-bond donors (Lipinski definition) is 2. The normalized spacial score (nSPS) is 18.6. The lowest BCUT2D eigenvalue weighted by molar-refractivity contribution is 0.00185. The molecule has 1 fully saturated rings. The van der Waals surface area contributed by atoms with Crippen LogP contribution >= 0.6 is 11.3 Å². The summed E-state index contributed by atoms with van der Waals surface area (Å²) in [4.78, 5) is 4.33. The van der Waals surface area contributed by atoms with Crippen molar-refractivity contribution in [3.05, 3.63) is 34.6 Å². The van der Waals surface area contributed by atoms with E-state index in [9.17, 15) is 5.11 Å². The average Bonchev–Trinajstić information content (AvgIpc) is 3.03. The van der Waals surface area contributed by atoms with Gasteiger partial charge in [0.15, 0.2) is 5.60 Å². The summed E-state index contributed by atoms with van der Waals surface area (Å²) in [5, 5.41) is 23.6. The first-order chi connectivity index (χ1) is 11.1. The van der Waals surface area contributed by atoms with Gasteiger partial charge in [-0.05, 0) is 51.9 Å². The van der Waals surface area contributed by atoms with Gasteiger partial charge in [-0.15, -0.1) is 0 Å². The molecule has 1 atom stereocenters. The molecule has 1 aliphatic heterocycles. The number of aliphatic hydroxyl groups excluding tert-OH is 1. The van der Waals surface area contributed by atoms with Gasteiger partial charge in [-0.2, -0.15) is 10.2 Å². The van der Waals surface area contributed by atoms with Crippen LogP contribution < -0.4 is 10.1 Å². The van der Waals surface area contributed by atoms with Gasteiger partial charge in [0.2, 0.25) is 0 Å². The Balaban J connectivity index is 1.92. The smallest absolute Gasteiger partial charge is 0.274 e. The van der Waals surface area contributed by atoms with Crippen LogP contribution in [0.2, 0.25) is 0 Å². The highest BCUT2D eigenvalue weighted by atomic mass is 32.1. The van der Waals surface area contributed by atoms with E-state index in [1.54, 1.807) is 0 Å². The number of hydrogen-bond acceptors (Lipinski definition) is 7. The SMILES string of the molecule is Cc1ccc(C(C)(Oc2nc(CO)cs2)C2CCNCC2)nn1. The van der Waals surface area contributed by atoms with Crippen molar-refractivity contribution in [2.24, 2.45) is 5.92 Å². The number of aliphatic hydroxyl groups is 1. The molecule has 23 heavy (non-hydrogen) atoms. The number of thiazole rings is 1. The fourth-order valence-corrected chi connectivity index (χ4v) is 3.73. The number of piperidine rings is 1. The van der Waals surface area contributed by atoms with Gasteiger partial charge in [-0.25, -0.2) is 4.98 Å². The second-order valence-corrected chi connectivity index (χ2v) is 6.88. The number of nitrogens with one attached hydrogen (secondary N) is 1. The second-order valence-electron chi connectivity index (χ2n) is 6.06. The van der Waals surface area contributed by atoms with Crippen LogP contribution in [-0.4, -0.2) is 33.4 Å². The number of ether oxygens (including phenoxy) is 1. The molecule has 3 heterocycles. The van der Waals surface area contributed by atoms with E-state index in [1.165, 1.54) is 11.3 Å². The standard InChI is InChI=1S/C16H22N4O2S/c1-11-3-4-14(20-19-11)16(2,12-5-7-17-8-6-12)22-15-18-13(9-21)10-23-15/h3-4,10,12,17,21H,5-9H2,1-2H3. The fourth-order valence-electron chi connectivity index (χ4n) is 2.97. The summed E-state index contributed by atoms with van der Waals surface area (Å²) >= 11 is 1.41. The molecule has 2 aromatic rings. The van der Waals surface area contributed by atoms with Gasteiger partial charge in [-0.1, -0.05) is 11.3 Å². The Morgan fingerprint density at radius 2 is 2.13 bits per heavy atom. The van der Waals surface area contributed by atoms with Gasteiger partial charge in [0.1, 0.15) is 5.69 Å². The number of aromatic nitrogens is 3. The Kier molecular flexibility index (Phi) is 4.89. The van der Waals surface area contributed by atoms with E-state index >= 15 is 0 Å². The highest BCUT2D eigenvalue weighted by molar-refractivity contribution is 7.11. The lowest BCUT2D eigenvalue weighted by atomic mass is 9.79. The minimum Gasteiger partial charge on any atom is -0.457 e. The minimum absolute atomic E-state index is 0.0751. The van der Waals surface area contributed by atoms with E-state index < -0.39 is 5.60 Å². The van der Waals surface area contributed by atoms with Gasteiger partial charge in [0.05, 0.1) is 18.0 Å². The third-order valence-electron chi connectivity index (χ3n) is 4.42. The molecule has 2 N–H and O–H groups in total. The Labute approximate surface area is 139 Å². The molecule has 6 nitrogen and oxygen atoms in total. The van der Waals surface area contributed by atoms with Crippen molar-refractivity contribution in [3.63, 3.8) is 0 Å². The highest BCUT2D eigenvalue weighted by Gasteiger charge is 2.41. The summed E-state index contributed by atoms with van der Waals surface area (Å²) in [7, 11) is 0. The summed E-state index contributed by atoms with van der Waals surface area (Å²) in [6, 6.07) is 3.96. The van der Waals surface area contributed by atoms with Crippen LogP contribution in [0.25, 0.3) is 0 Å². The molecular weight excluding hydrogens is 312 g/mol. The van der Waals surface area contributed by atoms with Crippen molar-refractivity contribution in [1.82, 2.24) is 20.5 Å². The molecule has 0 aromatic carbocycles. The quantitative estimate of drug-likeness (QED) is 0.871. The molecule has 0 aliphatic carbocycles. The Morgan fingerprint density at radius 3 is 2.74 bits per heavy atom. The maximum atomic E-state index is 9.20. The molecule has 0 radical (unpaired) electrons. The Hall–Kier alpha value is -1.57. The molecule has 2 aromatic heterocycles. The van der Waals surface area contributed by atoms with Gasteiger partial charge >= 0.3 is 0 Å². The van der Waals surface area contributed by atoms with Crippen LogP contribution in [0.15, 0.2) is 17.5 Å². The zero-order valence-electron chi connectivity index (χ0n) is 13.5. The second kappa shape index (κ2) is 6.90. The van der Waals surface area contributed by atoms with Crippen molar-refractivity contribution in [2.75, 3.05) is 13.1 Å². The molecule has 0 bridgehead atoms. The van der Waals surface area contributed by atoms with Crippen molar-refractivity contribution in [3.8, 4) is 5.19 Å². The van der Waals surface area contributed by atoms with E-state index in [2.05, 4.69) is 27.4 Å². The molecule has 124 valence electrons. The van der Waals surface area contributed by atoms with Crippen LogP contribution in [0.1, 0.15) is 36.8 Å². The summed E-state index contributed by atoms with van der Waals surface area (Å²) < 4.78 is 6.32. The van der Waals surface area contributed by atoms with Crippen LogP contribution in [0.4, 0.5) is 0 Å². The monoisotopic (exact) mass is 334 g/mol. The summed E-state index contributed by atoms with van der Waals surface area (Å²) in [5.41, 5.74) is 1.77. The highest BCUT2D eigenvalue weighted by Crippen LogP contribution is 2.39. The molecule has 0 spiro atoms. The molecular formula is C16H22N4O2S. The van der Waals surface area contributed by atoms with Crippen LogP contribution in [0.3, 0.4) is 0 Å². The molecule has 1 saturated heterocycles. The average molecular weight is 334 g/mol. The fraction of sp³-hybridized carbons (Fsp3) is 0.562. The molecule has 1 aliphatic rings.